The van der Waals surface area contributed by atoms with Gasteiger partial charge in [-0.25, -0.2) is 0 Å². The minimum atomic E-state index is 0.372. The summed E-state index contributed by atoms with van der Waals surface area (Å²) in [5.41, 5.74) is 0. The van der Waals surface area contributed by atoms with Crippen molar-refractivity contribution in [1.82, 2.24) is 0 Å². The van der Waals surface area contributed by atoms with E-state index >= 15 is 0 Å². The lowest BCUT2D eigenvalue weighted by atomic mass is 10.1. The quantitative estimate of drug-likeness (QED) is 0.538. The second-order valence-electron chi connectivity index (χ2n) is 3.91. The molecule has 94 valence electrons. The highest BCUT2D eigenvalue weighted by Gasteiger charge is 1.91. The van der Waals surface area contributed by atoms with Gasteiger partial charge in [-0.15, -0.1) is 0 Å². The number of halogens is 1. The number of unbranched alkanes of at least 4 members (excludes halogenated alkanes) is 9. The van der Waals surface area contributed by atoms with Gasteiger partial charge in [-0.1, -0.05) is 64.7 Å². The maximum Gasteiger partial charge on any atom is 0.0785 e. The lowest BCUT2D eigenvalue weighted by Gasteiger charge is -2.00. The second-order valence-corrected chi connectivity index (χ2v) is 3.91. The lowest BCUT2D eigenvalue weighted by molar-refractivity contribution is 0.282. The van der Waals surface area contributed by atoms with E-state index in [0.29, 0.717) is 13.8 Å². The van der Waals surface area contributed by atoms with Crippen molar-refractivity contribution in [2.24, 2.45) is 0 Å². The number of aliphatic hydroxyl groups is 1. The number of hydrogen-bond donors (Lipinski definition) is 1. The average molecular weight is 220 g/mol. The Bertz CT molecular complexity index is 76.6. The number of hydrogen-bond acceptors (Lipinski definition) is 1. The van der Waals surface area contributed by atoms with Crippen LogP contribution < -0.4 is 0 Å². The third kappa shape index (κ3) is 20.1. The summed E-state index contributed by atoms with van der Waals surface area (Å²) in [6.45, 7) is 2.63. The van der Waals surface area contributed by atoms with Gasteiger partial charge in [0.1, 0.15) is 0 Å². The first-order valence-electron chi connectivity index (χ1n) is 6.40. The summed E-state index contributed by atoms with van der Waals surface area (Å²) < 4.78 is 9.50. The lowest BCUT2D eigenvalue weighted by Crippen LogP contribution is -1.84. The van der Waals surface area contributed by atoms with Crippen LogP contribution in [-0.2, 0) is 0 Å². The molecule has 2 heteroatoms. The van der Waals surface area contributed by atoms with Gasteiger partial charge in [-0.3, -0.25) is 4.39 Å². The van der Waals surface area contributed by atoms with Crippen LogP contribution in [0, 0.1) is 0 Å². The van der Waals surface area contributed by atoms with Crippen LogP contribution in [-0.4, -0.2) is 18.9 Å². The molecular formula is C13H29FO. The van der Waals surface area contributed by atoms with Gasteiger partial charge in [0.2, 0.25) is 0 Å². The van der Waals surface area contributed by atoms with E-state index in [9.17, 15) is 4.39 Å². The van der Waals surface area contributed by atoms with Gasteiger partial charge < -0.3 is 5.11 Å². The maximum absolute atomic E-state index is 9.50. The first-order chi connectivity index (χ1) is 7.41. The Balaban J connectivity index is 0. The molecule has 0 heterocycles. The highest BCUT2D eigenvalue weighted by Crippen LogP contribution is 2.09. The van der Waals surface area contributed by atoms with E-state index in [4.69, 9.17) is 5.11 Å². The zero-order chi connectivity index (χ0) is 11.8. The molecule has 0 aliphatic rings. The Morgan fingerprint density at radius 1 is 0.667 bits per heavy atom. The van der Waals surface area contributed by atoms with Crippen LogP contribution in [0.15, 0.2) is 0 Å². The van der Waals surface area contributed by atoms with Gasteiger partial charge in [0, 0.05) is 6.61 Å². The largest absolute Gasteiger partial charge is 0.396 e. The van der Waals surface area contributed by atoms with Crippen LogP contribution in [0.1, 0.15) is 71.1 Å². The van der Waals surface area contributed by atoms with Crippen LogP contribution in [0.3, 0.4) is 0 Å². The third-order valence-corrected chi connectivity index (χ3v) is 2.51. The summed E-state index contributed by atoms with van der Waals surface area (Å²) in [5.74, 6) is 0. The van der Waals surface area contributed by atoms with E-state index < -0.39 is 0 Å². The predicted molar refractivity (Wildman–Crippen MR) is 66.0 cm³/mol. The molecule has 0 spiro atoms. The van der Waals surface area contributed by atoms with E-state index in [-0.39, 0.29) is 0 Å². The summed E-state index contributed by atoms with van der Waals surface area (Å²) in [7, 11) is 0.500. The summed E-state index contributed by atoms with van der Waals surface area (Å²) in [5, 5.41) is 8.57. The van der Waals surface area contributed by atoms with Crippen molar-refractivity contribution in [1.29, 1.82) is 0 Å². The Labute approximate surface area is 95.1 Å². The van der Waals surface area contributed by atoms with Gasteiger partial charge in [-0.05, 0) is 6.42 Å². The molecule has 0 saturated heterocycles. The number of alkyl halides is 1. The monoisotopic (exact) mass is 220 g/mol. The smallest absolute Gasteiger partial charge is 0.0785 e. The molecule has 0 aromatic heterocycles. The molecule has 0 aliphatic carbocycles. The van der Waals surface area contributed by atoms with Crippen LogP contribution in [0.25, 0.3) is 0 Å². The highest BCUT2D eigenvalue weighted by atomic mass is 19.1. The average Bonchev–Trinajstić information content (AvgIpc) is 2.30. The summed E-state index contributed by atoms with van der Waals surface area (Å²) in [6.07, 6.45) is 13.3. The van der Waals surface area contributed by atoms with Gasteiger partial charge in [0.05, 0.1) is 7.18 Å². The van der Waals surface area contributed by atoms with Crippen molar-refractivity contribution in [3.63, 3.8) is 0 Å². The van der Waals surface area contributed by atoms with Gasteiger partial charge in [0.15, 0.2) is 0 Å². The van der Waals surface area contributed by atoms with Gasteiger partial charge >= 0.3 is 0 Å². The van der Waals surface area contributed by atoms with Crippen LogP contribution in [0.5, 0.6) is 0 Å². The second kappa shape index (κ2) is 19.5. The zero-order valence-electron chi connectivity index (χ0n) is 10.6. The fourth-order valence-corrected chi connectivity index (χ4v) is 1.60. The van der Waals surface area contributed by atoms with Crippen LogP contribution >= 0.6 is 0 Å². The Kier molecular flexibility index (Phi) is 22.4. The van der Waals surface area contributed by atoms with Crippen molar-refractivity contribution in [2.75, 3.05) is 13.8 Å². The number of rotatable bonds is 10. The molecule has 0 radical (unpaired) electrons. The molecule has 0 unspecified atom stereocenters. The molecule has 0 bridgehead atoms. The Morgan fingerprint density at radius 2 is 1.00 bits per heavy atom. The summed E-state index contributed by atoms with van der Waals surface area (Å²) in [4.78, 5) is 0. The van der Waals surface area contributed by atoms with Crippen molar-refractivity contribution in [3.8, 4) is 0 Å². The summed E-state index contributed by atoms with van der Waals surface area (Å²) >= 11 is 0. The minimum absolute atomic E-state index is 0.372. The first kappa shape index (κ1) is 17.3. The van der Waals surface area contributed by atoms with Crippen molar-refractivity contribution >= 4 is 0 Å². The highest BCUT2D eigenvalue weighted by molar-refractivity contribution is 4.46. The fraction of sp³-hybridized carbons (Fsp3) is 1.00. The summed E-state index contributed by atoms with van der Waals surface area (Å²) in [6, 6.07) is 0. The molecule has 15 heavy (non-hydrogen) atoms. The van der Waals surface area contributed by atoms with Crippen molar-refractivity contribution < 1.29 is 9.50 Å². The fourth-order valence-electron chi connectivity index (χ4n) is 1.60. The molecule has 1 N–H and O–H groups in total. The van der Waals surface area contributed by atoms with Gasteiger partial charge in [0.25, 0.3) is 0 Å². The van der Waals surface area contributed by atoms with Crippen LogP contribution in [0.2, 0.25) is 0 Å². The van der Waals surface area contributed by atoms with Crippen molar-refractivity contribution in [2.45, 2.75) is 71.1 Å². The maximum atomic E-state index is 9.50. The molecule has 1 nitrogen and oxygen atoms in total. The van der Waals surface area contributed by atoms with Crippen molar-refractivity contribution in [3.05, 3.63) is 0 Å². The molecule has 0 aromatic carbocycles. The van der Waals surface area contributed by atoms with Crippen LogP contribution in [0.4, 0.5) is 4.39 Å². The standard InChI is InChI=1S/C12H26O.CH3F/c1-2-3-4-5-6-7-8-9-10-11-12-13;1-2/h13H,2-12H2,1H3;1H3. The van der Waals surface area contributed by atoms with E-state index in [1.54, 1.807) is 0 Å². The molecule has 0 atom stereocenters. The van der Waals surface area contributed by atoms with E-state index in [0.717, 1.165) is 6.42 Å². The Hall–Kier alpha value is -0.110. The third-order valence-electron chi connectivity index (χ3n) is 2.51. The molecular weight excluding hydrogens is 191 g/mol. The SMILES string of the molecule is CCCCCCCCCCCCO.CF. The van der Waals surface area contributed by atoms with E-state index in [2.05, 4.69) is 6.92 Å². The van der Waals surface area contributed by atoms with E-state index in [1.807, 2.05) is 0 Å². The normalized spacial score (nSPS) is 9.60. The number of aliphatic hydroxyl groups excluding tert-OH is 1. The Morgan fingerprint density at radius 3 is 1.33 bits per heavy atom. The predicted octanol–water partition coefficient (Wildman–Crippen LogP) is 4.49. The molecule has 0 saturated carbocycles. The first-order valence-corrected chi connectivity index (χ1v) is 6.40. The van der Waals surface area contributed by atoms with Gasteiger partial charge in [-0.2, -0.15) is 0 Å². The molecule has 0 rings (SSSR count). The van der Waals surface area contributed by atoms with E-state index in [1.165, 1.54) is 57.8 Å². The topological polar surface area (TPSA) is 20.2 Å². The minimum Gasteiger partial charge on any atom is -0.396 e. The molecule has 0 amide bonds. The molecule has 0 aromatic rings. The zero-order valence-corrected chi connectivity index (χ0v) is 10.6. The molecule has 0 aliphatic heterocycles. The molecule has 0 fully saturated rings.